The molecule has 104 valence electrons. The van der Waals surface area contributed by atoms with Gasteiger partial charge in [-0.3, -0.25) is 4.79 Å². The molecule has 0 bridgehead atoms. The van der Waals surface area contributed by atoms with E-state index >= 15 is 0 Å². The van der Waals surface area contributed by atoms with Crippen LogP contribution in [0.5, 0.6) is 0 Å². The minimum Gasteiger partial charge on any atom is -0.396 e. The number of likely N-dealkylation sites (tertiary alicyclic amines) is 1. The molecule has 2 fully saturated rings. The molecule has 1 amide bonds. The molecule has 2 N–H and O–H groups in total. The number of nitrogens with one attached hydrogen (secondary N) is 1. The Morgan fingerprint density at radius 3 is 2.28 bits per heavy atom. The molecule has 18 heavy (non-hydrogen) atoms. The van der Waals surface area contributed by atoms with E-state index in [1.165, 1.54) is 0 Å². The van der Waals surface area contributed by atoms with Gasteiger partial charge in [-0.25, -0.2) is 0 Å². The van der Waals surface area contributed by atoms with E-state index < -0.39 is 0 Å². The van der Waals surface area contributed by atoms with Crippen molar-refractivity contribution in [2.45, 2.75) is 64.1 Å². The van der Waals surface area contributed by atoms with Crippen molar-refractivity contribution in [1.82, 2.24) is 10.2 Å². The Bertz CT molecular complexity index is 323. The molecule has 2 heterocycles. The smallest absolute Gasteiger partial charge is 0.223 e. The maximum atomic E-state index is 12.1. The van der Waals surface area contributed by atoms with Crippen LogP contribution >= 0.6 is 0 Å². The molecule has 0 radical (unpaired) electrons. The molecule has 2 saturated heterocycles. The number of nitrogens with zero attached hydrogens (tertiary/aromatic N) is 1. The first-order valence-electron chi connectivity index (χ1n) is 6.92. The first-order valence-corrected chi connectivity index (χ1v) is 6.92. The maximum Gasteiger partial charge on any atom is 0.223 e. The van der Waals surface area contributed by atoms with Gasteiger partial charge in [0.15, 0.2) is 0 Å². The van der Waals surface area contributed by atoms with Crippen LogP contribution in [0.1, 0.15) is 47.0 Å². The third-order valence-electron chi connectivity index (χ3n) is 4.11. The van der Waals surface area contributed by atoms with Gasteiger partial charge in [-0.15, -0.1) is 0 Å². The van der Waals surface area contributed by atoms with Crippen molar-refractivity contribution < 1.29 is 9.90 Å². The topological polar surface area (TPSA) is 52.6 Å². The molecule has 0 aromatic rings. The van der Waals surface area contributed by atoms with Crippen LogP contribution in [0.3, 0.4) is 0 Å². The molecule has 0 saturated carbocycles. The van der Waals surface area contributed by atoms with Gasteiger partial charge in [-0.2, -0.15) is 0 Å². The van der Waals surface area contributed by atoms with Crippen molar-refractivity contribution >= 4 is 5.91 Å². The summed E-state index contributed by atoms with van der Waals surface area (Å²) in [4.78, 5) is 14.1. The van der Waals surface area contributed by atoms with Gasteiger partial charge in [-0.05, 0) is 40.5 Å². The van der Waals surface area contributed by atoms with Crippen LogP contribution in [0.2, 0.25) is 0 Å². The highest BCUT2D eigenvalue weighted by molar-refractivity contribution is 5.79. The van der Waals surface area contributed by atoms with Crippen LogP contribution in [0.4, 0.5) is 0 Å². The molecule has 2 rings (SSSR count). The summed E-state index contributed by atoms with van der Waals surface area (Å²) in [5.41, 5.74) is 0.119. The van der Waals surface area contributed by atoms with Crippen molar-refractivity contribution in [2.24, 2.45) is 5.92 Å². The van der Waals surface area contributed by atoms with E-state index in [2.05, 4.69) is 33.0 Å². The van der Waals surface area contributed by atoms with E-state index in [-0.39, 0.29) is 29.5 Å². The summed E-state index contributed by atoms with van der Waals surface area (Å²) in [5, 5.41) is 12.9. The highest BCUT2D eigenvalue weighted by Crippen LogP contribution is 2.34. The molecular formula is C14H26N2O2. The Morgan fingerprint density at radius 1 is 1.28 bits per heavy atom. The van der Waals surface area contributed by atoms with Gasteiger partial charge >= 0.3 is 0 Å². The second-order valence-electron chi connectivity index (χ2n) is 7.25. The van der Waals surface area contributed by atoms with Crippen molar-refractivity contribution in [3.05, 3.63) is 0 Å². The molecule has 2 aliphatic heterocycles. The standard InChI is InChI=1S/C14H26N2O2/c1-13(2)6-11(7-14(3,4)15-13)16-8-10(9-17)5-12(16)18/h10-11,15,17H,5-9H2,1-4H3. The number of carbonyl (C=O) groups excluding carboxylic acids is 1. The fourth-order valence-electron chi connectivity index (χ4n) is 3.77. The van der Waals surface area contributed by atoms with Gasteiger partial charge in [0.25, 0.3) is 0 Å². The molecule has 4 nitrogen and oxygen atoms in total. The zero-order valence-corrected chi connectivity index (χ0v) is 12.0. The largest absolute Gasteiger partial charge is 0.396 e. The number of hydrogen-bond donors (Lipinski definition) is 2. The lowest BCUT2D eigenvalue weighted by Crippen LogP contribution is -2.62. The fourth-order valence-corrected chi connectivity index (χ4v) is 3.77. The van der Waals surface area contributed by atoms with Gasteiger partial charge in [0.2, 0.25) is 5.91 Å². The predicted octanol–water partition coefficient (Wildman–Crippen LogP) is 1.14. The lowest BCUT2D eigenvalue weighted by molar-refractivity contribution is -0.131. The molecule has 1 unspecified atom stereocenters. The van der Waals surface area contributed by atoms with Crippen molar-refractivity contribution in [1.29, 1.82) is 0 Å². The summed E-state index contributed by atoms with van der Waals surface area (Å²) >= 11 is 0. The van der Waals surface area contributed by atoms with Crippen molar-refractivity contribution in [3.8, 4) is 0 Å². The SMILES string of the molecule is CC1(C)CC(N2CC(CO)CC2=O)CC(C)(C)N1. The average molecular weight is 254 g/mol. The molecule has 4 heteroatoms. The number of hydrogen-bond acceptors (Lipinski definition) is 3. The van der Waals surface area contributed by atoms with E-state index in [1.54, 1.807) is 0 Å². The number of rotatable bonds is 2. The molecule has 0 aromatic heterocycles. The highest BCUT2D eigenvalue weighted by atomic mass is 16.3. The minimum absolute atomic E-state index is 0.0595. The average Bonchev–Trinajstić information content (AvgIpc) is 2.55. The zero-order chi connectivity index (χ0) is 13.6. The number of carbonyl (C=O) groups is 1. The van der Waals surface area contributed by atoms with Crippen LogP contribution in [0.15, 0.2) is 0 Å². The van der Waals surface area contributed by atoms with E-state index in [1.807, 2.05) is 4.90 Å². The number of piperidine rings is 1. The van der Waals surface area contributed by atoms with E-state index in [4.69, 9.17) is 0 Å². The van der Waals surface area contributed by atoms with E-state index in [0.29, 0.717) is 12.5 Å². The van der Waals surface area contributed by atoms with Gasteiger partial charge in [0, 0.05) is 42.6 Å². The van der Waals surface area contributed by atoms with Gasteiger partial charge in [0.1, 0.15) is 0 Å². The summed E-state index contributed by atoms with van der Waals surface area (Å²) in [5.74, 6) is 0.353. The van der Waals surface area contributed by atoms with Crippen LogP contribution in [-0.4, -0.2) is 46.2 Å². The Morgan fingerprint density at radius 2 is 1.83 bits per heavy atom. The first-order chi connectivity index (χ1) is 8.22. The normalized spacial score (nSPS) is 31.9. The minimum atomic E-state index is 0.0595. The summed E-state index contributed by atoms with van der Waals surface area (Å²) < 4.78 is 0. The molecule has 0 aromatic carbocycles. The second-order valence-corrected chi connectivity index (χ2v) is 7.25. The maximum absolute atomic E-state index is 12.1. The van der Waals surface area contributed by atoms with Crippen LogP contribution in [0.25, 0.3) is 0 Å². The first kappa shape index (κ1) is 13.8. The Balaban J connectivity index is 2.11. The number of aliphatic hydroxyl groups excluding tert-OH is 1. The lowest BCUT2D eigenvalue weighted by atomic mass is 9.79. The van der Waals surface area contributed by atoms with Crippen molar-refractivity contribution in [3.63, 3.8) is 0 Å². The van der Waals surface area contributed by atoms with Gasteiger partial charge in [0.05, 0.1) is 0 Å². The molecular weight excluding hydrogens is 228 g/mol. The van der Waals surface area contributed by atoms with Gasteiger partial charge < -0.3 is 15.3 Å². The fraction of sp³-hybridized carbons (Fsp3) is 0.929. The Labute approximate surface area is 110 Å². The number of amides is 1. The third-order valence-corrected chi connectivity index (χ3v) is 4.11. The summed E-state index contributed by atoms with van der Waals surface area (Å²) in [6.07, 6.45) is 2.49. The molecule has 0 aliphatic carbocycles. The molecule has 0 spiro atoms. The summed E-state index contributed by atoms with van der Waals surface area (Å²) in [6, 6.07) is 0.306. The highest BCUT2D eigenvalue weighted by Gasteiger charge is 2.43. The van der Waals surface area contributed by atoms with E-state index in [9.17, 15) is 9.90 Å². The van der Waals surface area contributed by atoms with Crippen LogP contribution < -0.4 is 5.32 Å². The lowest BCUT2D eigenvalue weighted by Gasteiger charge is -2.49. The monoisotopic (exact) mass is 254 g/mol. The van der Waals surface area contributed by atoms with Crippen LogP contribution in [0, 0.1) is 5.92 Å². The Hall–Kier alpha value is -0.610. The summed E-state index contributed by atoms with van der Waals surface area (Å²) in [6.45, 7) is 9.65. The van der Waals surface area contributed by atoms with Crippen LogP contribution in [-0.2, 0) is 4.79 Å². The second kappa shape index (κ2) is 4.49. The molecule has 2 aliphatic rings. The van der Waals surface area contributed by atoms with Crippen molar-refractivity contribution in [2.75, 3.05) is 13.2 Å². The van der Waals surface area contributed by atoms with Gasteiger partial charge in [-0.1, -0.05) is 0 Å². The quantitative estimate of drug-likeness (QED) is 0.777. The third kappa shape index (κ3) is 2.86. The zero-order valence-electron chi connectivity index (χ0n) is 12.0. The summed E-state index contributed by atoms with van der Waals surface area (Å²) in [7, 11) is 0. The molecule has 1 atom stereocenters. The predicted molar refractivity (Wildman–Crippen MR) is 71.2 cm³/mol. The van der Waals surface area contributed by atoms with E-state index in [0.717, 1.165) is 19.4 Å². The number of aliphatic hydroxyl groups is 1. The Kier molecular flexibility index (Phi) is 3.45.